The van der Waals surface area contributed by atoms with E-state index in [1.807, 2.05) is 0 Å². The number of carbonyl (C=O) groups is 1. The minimum atomic E-state index is -0.638. The second-order valence-corrected chi connectivity index (χ2v) is 3.63. The first-order chi connectivity index (χ1) is 7.65. The Morgan fingerprint density at radius 1 is 1.38 bits per heavy atom. The second kappa shape index (κ2) is 3.89. The number of rotatable bonds is 1. The highest BCUT2D eigenvalue weighted by Gasteiger charge is 2.28. The van der Waals surface area contributed by atoms with Crippen molar-refractivity contribution < 1.29 is 19.7 Å². The van der Waals surface area contributed by atoms with Crippen LogP contribution in [0.4, 0.5) is 0 Å². The lowest BCUT2D eigenvalue weighted by Crippen LogP contribution is -2.16. The molecule has 1 unspecified atom stereocenters. The number of hydrogen-bond acceptors (Lipinski definition) is 4. The molecule has 0 spiro atoms. The summed E-state index contributed by atoms with van der Waals surface area (Å²) in [5, 5.41) is 19.4. The number of benzene rings is 1. The van der Waals surface area contributed by atoms with Crippen LogP contribution in [0, 0.1) is 0 Å². The average Bonchev–Trinajstić information content (AvgIpc) is 2.32. The SMILES string of the molecule is COC(=O)C1C=CCc2c(O)ccc(O)c21. The highest BCUT2D eigenvalue weighted by Crippen LogP contribution is 2.39. The van der Waals surface area contributed by atoms with Gasteiger partial charge in [0.05, 0.1) is 7.11 Å². The lowest BCUT2D eigenvalue weighted by molar-refractivity contribution is -0.141. The van der Waals surface area contributed by atoms with Crippen molar-refractivity contribution in [3.63, 3.8) is 0 Å². The summed E-state index contributed by atoms with van der Waals surface area (Å²) in [6.45, 7) is 0. The molecule has 0 aromatic heterocycles. The zero-order chi connectivity index (χ0) is 11.7. The van der Waals surface area contributed by atoms with Crippen LogP contribution in [0.3, 0.4) is 0 Å². The van der Waals surface area contributed by atoms with Crippen molar-refractivity contribution in [1.29, 1.82) is 0 Å². The van der Waals surface area contributed by atoms with E-state index in [0.717, 1.165) is 0 Å². The normalized spacial score (nSPS) is 17.9. The third kappa shape index (κ3) is 1.52. The minimum absolute atomic E-state index is 0.00699. The van der Waals surface area contributed by atoms with Crippen molar-refractivity contribution in [2.45, 2.75) is 12.3 Å². The highest BCUT2D eigenvalue weighted by molar-refractivity contribution is 5.83. The highest BCUT2D eigenvalue weighted by atomic mass is 16.5. The first kappa shape index (κ1) is 10.5. The van der Waals surface area contributed by atoms with Crippen molar-refractivity contribution in [1.82, 2.24) is 0 Å². The van der Waals surface area contributed by atoms with Gasteiger partial charge in [0.15, 0.2) is 0 Å². The standard InChI is InChI=1S/C12H12O4/c1-16-12(15)8-4-2-3-7-9(13)5-6-10(14)11(7)8/h2,4-6,8,13-14H,3H2,1H3. The monoisotopic (exact) mass is 220 g/mol. The summed E-state index contributed by atoms with van der Waals surface area (Å²) in [6.07, 6.45) is 3.96. The molecule has 4 nitrogen and oxygen atoms in total. The van der Waals surface area contributed by atoms with Crippen LogP contribution >= 0.6 is 0 Å². The summed E-state index contributed by atoms with van der Waals surface area (Å²) in [7, 11) is 1.30. The number of methoxy groups -OCH3 is 1. The van der Waals surface area contributed by atoms with Gasteiger partial charge in [-0.1, -0.05) is 12.2 Å². The molecule has 0 saturated heterocycles. The molecule has 0 aliphatic heterocycles. The fourth-order valence-corrected chi connectivity index (χ4v) is 1.94. The van der Waals surface area contributed by atoms with Gasteiger partial charge in [0.1, 0.15) is 17.4 Å². The molecule has 2 N–H and O–H groups in total. The number of ether oxygens (including phenoxy) is 1. The van der Waals surface area contributed by atoms with Gasteiger partial charge in [-0.25, -0.2) is 0 Å². The molecule has 16 heavy (non-hydrogen) atoms. The maximum atomic E-state index is 11.5. The van der Waals surface area contributed by atoms with Gasteiger partial charge >= 0.3 is 5.97 Å². The van der Waals surface area contributed by atoms with Crippen LogP contribution in [0.5, 0.6) is 11.5 Å². The van der Waals surface area contributed by atoms with Crippen LogP contribution < -0.4 is 0 Å². The summed E-state index contributed by atoms with van der Waals surface area (Å²) in [5.41, 5.74) is 1.02. The molecule has 0 saturated carbocycles. The van der Waals surface area contributed by atoms with Crippen molar-refractivity contribution in [3.05, 3.63) is 35.4 Å². The molecule has 1 aliphatic carbocycles. The molecule has 0 amide bonds. The molecular weight excluding hydrogens is 208 g/mol. The van der Waals surface area contributed by atoms with Gasteiger partial charge in [-0.15, -0.1) is 0 Å². The van der Waals surface area contributed by atoms with E-state index < -0.39 is 11.9 Å². The topological polar surface area (TPSA) is 66.8 Å². The summed E-state index contributed by atoms with van der Waals surface area (Å²) in [4.78, 5) is 11.5. The Balaban J connectivity index is 2.57. The Morgan fingerprint density at radius 3 is 2.75 bits per heavy atom. The Labute approximate surface area is 92.8 Å². The maximum Gasteiger partial charge on any atom is 0.317 e. The van der Waals surface area contributed by atoms with E-state index in [1.165, 1.54) is 19.2 Å². The summed E-state index contributed by atoms with van der Waals surface area (Å²) >= 11 is 0. The van der Waals surface area contributed by atoms with Gasteiger partial charge in [0.2, 0.25) is 0 Å². The zero-order valence-electron chi connectivity index (χ0n) is 8.80. The third-order valence-electron chi connectivity index (χ3n) is 2.73. The maximum absolute atomic E-state index is 11.5. The van der Waals surface area contributed by atoms with Crippen LogP contribution in [-0.4, -0.2) is 23.3 Å². The minimum Gasteiger partial charge on any atom is -0.508 e. The number of esters is 1. The molecule has 1 aromatic rings. The lowest BCUT2D eigenvalue weighted by Gasteiger charge is -2.20. The summed E-state index contributed by atoms with van der Waals surface area (Å²) in [6, 6.07) is 2.80. The number of allylic oxidation sites excluding steroid dienone is 1. The molecule has 84 valence electrons. The van der Waals surface area contributed by atoms with Gasteiger partial charge in [-0.3, -0.25) is 4.79 Å². The van der Waals surface area contributed by atoms with Crippen molar-refractivity contribution >= 4 is 5.97 Å². The first-order valence-electron chi connectivity index (χ1n) is 4.93. The number of hydrogen-bond donors (Lipinski definition) is 2. The lowest BCUT2D eigenvalue weighted by atomic mass is 9.86. The number of carbonyl (C=O) groups excluding carboxylic acids is 1. The molecule has 0 bridgehead atoms. The third-order valence-corrected chi connectivity index (χ3v) is 2.73. The van der Waals surface area contributed by atoms with Crippen LogP contribution in [0.1, 0.15) is 17.0 Å². The second-order valence-electron chi connectivity index (χ2n) is 3.63. The van der Waals surface area contributed by atoms with E-state index >= 15 is 0 Å². The van der Waals surface area contributed by atoms with Gasteiger partial charge in [0.25, 0.3) is 0 Å². The van der Waals surface area contributed by atoms with E-state index in [4.69, 9.17) is 0 Å². The fraction of sp³-hybridized carbons (Fsp3) is 0.250. The Hall–Kier alpha value is -1.97. The van der Waals surface area contributed by atoms with Crippen LogP contribution in [0.25, 0.3) is 0 Å². The molecule has 4 heteroatoms. The van der Waals surface area contributed by atoms with Crippen molar-refractivity contribution in [2.75, 3.05) is 7.11 Å². The number of fused-ring (bicyclic) bond motifs is 1. The smallest absolute Gasteiger partial charge is 0.317 e. The van der Waals surface area contributed by atoms with Crippen LogP contribution in [0.15, 0.2) is 24.3 Å². The van der Waals surface area contributed by atoms with E-state index in [9.17, 15) is 15.0 Å². The molecule has 0 fully saturated rings. The molecule has 1 aliphatic rings. The van der Waals surface area contributed by atoms with Gasteiger partial charge in [-0.05, 0) is 18.6 Å². The molecule has 1 atom stereocenters. The predicted molar refractivity (Wildman–Crippen MR) is 57.4 cm³/mol. The zero-order valence-corrected chi connectivity index (χ0v) is 8.80. The quantitative estimate of drug-likeness (QED) is 0.427. The Morgan fingerprint density at radius 2 is 2.06 bits per heavy atom. The first-order valence-corrected chi connectivity index (χ1v) is 4.93. The van der Waals surface area contributed by atoms with E-state index in [-0.39, 0.29) is 11.5 Å². The Kier molecular flexibility index (Phi) is 2.56. The number of phenols is 2. The Bertz CT molecular complexity index is 462. The van der Waals surface area contributed by atoms with Crippen molar-refractivity contribution in [3.8, 4) is 11.5 Å². The summed E-state index contributed by atoms with van der Waals surface area (Å²) in [5.74, 6) is -0.988. The van der Waals surface area contributed by atoms with Gasteiger partial charge in [-0.2, -0.15) is 0 Å². The molecule has 0 heterocycles. The van der Waals surface area contributed by atoms with Gasteiger partial charge in [0, 0.05) is 11.1 Å². The van der Waals surface area contributed by atoms with Crippen molar-refractivity contribution in [2.24, 2.45) is 0 Å². The number of phenolic OH excluding ortho intramolecular Hbond substituents is 2. The van der Waals surface area contributed by atoms with Crippen LogP contribution in [-0.2, 0) is 16.0 Å². The fourth-order valence-electron chi connectivity index (χ4n) is 1.94. The average molecular weight is 220 g/mol. The van der Waals surface area contributed by atoms with E-state index in [2.05, 4.69) is 4.74 Å². The summed E-state index contributed by atoms with van der Waals surface area (Å²) < 4.78 is 4.66. The molecular formula is C12H12O4. The predicted octanol–water partition coefficient (Wildman–Crippen LogP) is 1.47. The van der Waals surface area contributed by atoms with E-state index in [0.29, 0.717) is 17.5 Å². The molecule has 1 aromatic carbocycles. The van der Waals surface area contributed by atoms with Crippen LogP contribution in [0.2, 0.25) is 0 Å². The van der Waals surface area contributed by atoms with E-state index in [1.54, 1.807) is 12.2 Å². The molecule has 2 rings (SSSR count). The number of aromatic hydroxyl groups is 2. The largest absolute Gasteiger partial charge is 0.508 e. The van der Waals surface area contributed by atoms with Gasteiger partial charge < -0.3 is 14.9 Å². The molecule has 0 radical (unpaired) electrons.